The summed E-state index contributed by atoms with van der Waals surface area (Å²) in [5, 5.41) is 5.93. The van der Waals surface area contributed by atoms with Gasteiger partial charge in [-0.1, -0.05) is 30.3 Å². The van der Waals surface area contributed by atoms with Gasteiger partial charge in [-0.25, -0.2) is 4.39 Å². The number of thiophene rings is 1. The summed E-state index contributed by atoms with van der Waals surface area (Å²) in [5.41, 5.74) is 1.06. The van der Waals surface area contributed by atoms with Crippen molar-refractivity contribution in [2.24, 2.45) is 0 Å². The molecule has 3 rings (SSSR count). The minimum Gasteiger partial charge on any atom is -0.482 e. The molecule has 0 unspecified atom stereocenters. The van der Waals surface area contributed by atoms with Gasteiger partial charge in [-0.15, -0.1) is 23.7 Å². The lowest BCUT2D eigenvalue weighted by molar-refractivity contribution is 0.189. The van der Waals surface area contributed by atoms with Crippen LogP contribution in [0.1, 0.15) is 18.1 Å². The first kappa shape index (κ1) is 17.7. The highest BCUT2D eigenvalue weighted by molar-refractivity contribution is 7.17. The molecule has 0 amide bonds. The Morgan fingerprint density at radius 1 is 1.13 bits per heavy atom. The zero-order valence-corrected chi connectivity index (χ0v) is 14.4. The molecule has 1 N–H and O–H groups in total. The van der Waals surface area contributed by atoms with Crippen LogP contribution in [0.25, 0.3) is 10.1 Å². The second-order valence-corrected chi connectivity index (χ2v) is 6.07. The van der Waals surface area contributed by atoms with Crippen LogP contribution in [0.5, 0.6) is 5.75 Å². The van der Waals surface area contributed by atoms with Crippen molar-refractivity contribution in [3.05, 3.63) is 65.3 Å². The van der Waals surface area contributed by atoms with Gasteiger partial charge in [0.1, 0.15) is 6.10 Å². The minimum atomic E-state index is -0.309. The molecule has 0 bridgehead atoms. The van der Waals surface area contributed by atoms with E-state index in [1.54, 1.807) is 17.4 Å². The predicted molar refractivity (Wildman–Crippen MR) is 97.4 cm³/mol. The molecule has 0 spiro atoms. The summed E-state index contributed by atoms with van der Waals surface area (Å²) < 4.78 is 21.4. The lowest BCUT2D eigenvalue weighted by Crippen LogP contribution is -2.16. The third kappa shape index (κ3) is 4.02. The minimum absolute atomic E-state index is 0. The maximum atomic E-state index is 14.3. The van der Waals surface area contributed by atoms with Crippen LogP contribution in [0.4, 0.5) is 4.39 Å². The standard InChI is InChI=1S/C18H18FNOS.ClH/c1-20-11-9-16(13-5-3-2-4-6-13)21-18-14-10-12-22-17(14)8-7-15(18)19;/h2-8,10,12,16,20H,9,11H2,1H3;1H/t16-;/m1./s1. The molecule has 1 heterocycles. The van der Waals surface area contributed by atoms with Gasteiger partial charge in [0.25, 0.3) is 0 Å². The number of ether oxygens (including phenoxy) is 1. The molecular formula is C18H19ClFNOS. The lowest BCUT2D eigenvalue weighted by atomic mass is 10.1. The van der Waals surface area contributed by atoms with E-state index < -0.39 is 0 Å². The fourth-order valence-corrected chi connectivity index (χ4v) is 3.27. The maximum Gasteiger partial charge on any atom is 0.165 e. The van der Waals surface area contributed by atoms with E-state index in [0.29, 0.717) is 5.75 Å². The molecule has 1 atom stereocenters. The van der Waals surface area contributed by atoms with Crippen molar-refractivity contribution in [2.45, 2.75) is 12.5 Å². The van der Waals surface area contributed by atoms with Gasteiger partial charge in [0.05, 0.1) is 0 Å². The number of hydrogen-bond acceptors (Lipinski definition) is 3. The van der Waals surface area contributed by atoms with Crippen LogP contribution in [0.3, 0.4) is 0 Å². The largest absolute Gasteiger partial charge is 0.482 e. The molecule has 2 aromatic carbocycles. The fraction of sp³-hybridized carbons (Fsp3) is 0.222. The summed E-state index contributed by atoms with van der Waals surface area (Å²) in [7, 11) is 1.90. The lowest BCUT2D eigenvalue weighted by Gasteiger charge is -2.20. The zero-order chi connectivity index (χ0) is 15.4. The molecule has 0 aliphatic heterocycles. The van der Waals surface area contributed by atoms with Crippen molar-refractivity contribution in [1.82, 2.24) is 5.32 Å². The normalized spacial score (nSPS) is 11.9. The summed E-state index contributed by atoms with van der Waals surface area (Å²) >= 11 is 1.59. The molecule has 5 heteroatoms. The third-order valence-corrected chi connectivity index (χ3v) is 4.51. The van der Waals surface area contributed by atoms with Crippen LogP contribution in [-0.2, 0) is 0 Å². The topological polar surface area (TPSA) is 21.3 Å². The summed E-state index contributed by atoms with van der Waals surface area (Å²) in [4.78, 5) is 0. The smallest absolute Gasteiger partial charge is 0.165 e. The average Bonchev–Trinajstić information content (AvgIpc) is 3.03. The van der Waals surface area contributed by atoms with Gasteiger partial charge in [-0.2, -0.15) is 0 Å². The van der Waals surface area contributed by atoms with Gasteiger partial charge in [-0.05, 0) is 42.7 Å². The molecule has 23 heavy (non-hydrogen) atoms. The predicted octanol–water partition coefficient (Wildman–Crippen LogP) is 5.19. The van der Waals surface area contributed by atoms with Gasteiger partial charge in [0.15, 0.2) is 11.6 Å². The van der Waals surface area contributed by atoms with Gasteiger partial charge in [0, 0.05) is 16.5 Å². The Morgan fingerprint density at radius 2 is 1.91 bits per heavy atom. The Bertz CT molecular complexity index is 747. The SMILES string of the molecule is CNCC[C@@H](Oc1c(F)ccc2sccc12)c1ccccc1.Cl. The Morgan fingerprint density at radius 3 is 2.65 bits per heavy atom. The molecule has 0 radical (unpaired) electrons. The number of rotatable bonds is 6. The molecule has 0 saturated heterocycles. The van der Waals surface area contributed by atoms with Gasteiger partial charge >= 0.3 is 0 Å². The first-order chi connectivity index (χ1) is 10.8. The quantitative estimate of drug-likeness (QED) is 0.659. The van der Waals surface area contributed by atoms with E-state index in [4.69, 9.17) is 4.74 Å². The number of benzene rings is 2. The number of halogens is 2. The molecule has 3 aromatic rings. The molecule has 0 saturated carbocycles. The number of hydrogen-bond donors (Lipinski definition) is 1. The van der Waals surface area contributed by atoms with Gasteiger partial charge in [-0.3, -0.25) is 0 Å². The highest BCUT2D eigenvalue weighted by atomic mass is 35.5. The number of fused-ring (bicyclic) bond motifs is 1. The molecule has 1 aromatic heterocycles. The summed E-state index contributed by atoms with van der Waals surface area (Å²) in [6.45, 7) is 0.806. The van der Waals surface area contributed by atoms with Crippen LogP contribution >= 0.6 is 23.7 Å². The van der Waals surface area contributed by atoms with Crippen molar-refractivity contribution < 1.29 is 9.13 Å². The Kier molecular flexibility index (Phi) is 6.39. The van der Waals surface area contributed by atoms with Crippen molar-refractivity contribution in [2.75, 3.05) is 13.6 Å². The molecule has 2 nitrogen and oxygen atoms in total. The summed E-state index contributed by atoms with van der Waals surface area (Å²) in [6, 6.07) is 15.2. The third-order valence-electron chi connectivity index (χ3n) is 3.63. The van der Waals surface area contributed by atoms with E-state index in [9.17, 15) is 4.39 Å². The van der Waals surface area contributed by atoms with Gasteiger partial charge in [0.2, 0.25) is 0 Å². The molecule has 122 valence electrons. The zero-order valence-electron chi connectivity index (χ0n) is 12.8. The van der Waals surface area contributed by atoms with Crippen LogP contribution < -0.4 is 10.1 Å². The molecule has 0 aliphatic carbocycles. The second kappa shape index (κ2) is 8.29. The Balaban J connectivity index is 0.00000192. The fourth-order valence-electron chi connectivity index (χ4n) is 2.49. The van der Waals surface area contributed by atoms with E-state index in [-0.39, 0.29) is 24.3 Å². The average molecular weight is 352 g/mol. The monoisotopic (exact) mass is 351 g/mol. The molecule has 0 fully saturated rings. The highest BCUT2D eigenvalue weighted by Gasteiger charge is 2.17. The van der Waals surface area contributed by atoms with E-state index in [1.165, 1.54) is 6.07 Å². The maximum absolute atomic E-state index is 14.3. The summed E-state index contributed by atoms with van der Waals surface area (Å²) in [6.07, 6.45) is 0.606. The van der Waals surface area contributed by atoms with E-state index in [0.717, 1.165) is 28.6 Å². The van der Waals surface area contributed by atoms with Crippen LogP contribution in [0, 0.1) is 5.82 Å². The van der Waals surface area contributed by atoms with E-state index in [1.807, 2.05) is 48.8 Å². The Hall–Kier alpha value is -1.62. The molecule has 0 aliphatic rings. The van der Waals surface area contributed by atoms with Crippen LogP contribution in [0.2, 0.25) is 0 Å². The highest BCUT2D eigenvalue weighted by Crippen LogP contribution is 2.35. The van der Waals surface area contributed by atoms with Crippen molar-refractivity contribution in [3.8, 4) is 5.75 Å². The second-order valence-electron chi connectivity index (χ2n) is 5.12. The van der Waals surface area contributed by atoms with Crippen LogP contribution in [0.15, 0.2) is 53.9 Å². The van der Waals surface area contributed by atoms with E-state index >= 15 is 0 Å². The van der Waals surface area contributed by atoms with Crippen molar-refractivity contribution >= 4 is 33.8 Å². The first-order valence-corrected chi connectivity index (χ1v) is 8.19. The van der Waals surface area contributed by atoms with Crippen LogP contribution in [-0.4, -0.2) is 13.6 Å². The molecular weight excluding hydrogens is 333 g/mol. The first-order valence-electron chi connectivity index (χ1n) is 7.31. The van der Waals surface area contributed by atoms with E-state index in [2.05, 4.69) is 5.32 Å². The van der Waals surface area contributed by atoms with Crippen molar-refractivity contribution in [1.29, 1.82) is 0 Å². The Labute approximate surface area is 145 Å². The number of nitrogens with one attached hydrogen (secondary N) is 1. The van der Waals surface area contributed by atoms with Gasteiger partial charge < -0.3 is 10.1 Å². The summed E-state index contributed by atoms with van der Waals surface area (Å²) in [5.74, 6) is 0.0417. The van der Waals surface area contributed by atoms with Crippen molar-refractivity contribution in [3.63, 3.8) is 0 Å².